The van der Waals surface area contributed by atoms with Gasteiger partial charge in [-0.15, -0.1) is 0 Å². The maximum absolute atomic E-state index is 5.76. The van der Waals surface area contributed by atoms with E-state index in [0.29, 0.717) is 0 Å². The summed E-state index contributed by atoms with van der Waals surface area (Å²) in [5, 5.41) is 1.25. The number of aromatic amines is 1. The maximum Gasteiger partial charge on any atom is 0.104 e. The minimum atomic E-state index is 0.772. The van der Waals surface area contributed by atoms with Crippen molar-refractivity contribution in [1.82, 2.24) is 4.98 Å². The van der Waals surface area contributed by atoms with Crippen molar-refractivity contribution in [2.75, 3.05) is 5.73 Å². The number of H-pyrrole nitrogens is 1. The fraction of sp³-hybridized carbons (Fsp3) is 0.111. The van der Waals surface area contributed by atoms with Gasteiger partial charge in [-0.3, -0.25) is 0 Å². The van der Waals surface area contributed by atoms with Crippen LogP contribution in [0.2, 0.25) is 0 Å². The zero-order valence-electron chi connectivity index (χ0n) is 6.69. The van der Waals surface area contributed by atoms with E-state index in [0.717, 1.165) is 16.9 Å². The Morgan fingerprint density at radius 3 is 2.83 bits per heavy atom. The number of anilines is 1. The zero-order chi connectivity index (χ0) is 8.72. The van der Waals surface area contributed by atoms with Gasteiger partial charge in [0.25, 0.3) is 0 Å². The maximum atomic E-state index is 5.76. The van der Waals surface area contributed by atoms with Crippen LogP contribution in [0, 0.1) is 10.5 Å². The molecule has 0 saturated carbocycles. The van der Waals surface area contributed by atoms with Gasteiger partial charge in [-0.1, -0.05) is 6.07 Å². The van der Waals surface area contributed by atoms with Crippen LogP contribution >= 0.6 is 22.6 Å². The molecule has 0 unspecified atom stereocenters. The molecular weight excluding hydrogens is 263 g/mol. The first-order valence-corrected chi connectivity index (χ1v) is 4.80. The largest absolute Gasteiger partial charge is 0.385 e. The summed E-state index contributed by atoms with van der Waals surface area (Å²) in [6.07, 6.45) is 0. The second kappa shape index (κ2) is 2.65. The number of nitrogen functional groups attached to an aromatic ring is 1. The molecule has 0 spiro atoms. The van der Waals surface area contributed by atoms with Crippen molar-refractivity contribution >= 4 is 39.3 Å². The van der Waals surface area contributed by atoms with Crippen LogP contribution in [0.5, 0.6) is 0 Å². The van der Waals surface area contributed by atoms with Gasteiger partial charge in [0.2, 0.25) is 0 Å². The van der Waals surface area contributed by atoms with Crippen molar-refractivity contribution in [3.05, 3.63) is 27.3 Å². The van der Waals surface area contributed by atoms with Crippen LogP contribution in [0.15, 0.2) is 18.2 Å². The van der Waals surface area contributed by atoms with Gasteiger partial charge in [0.1, 0.15) is 5.82 Å². The lowest BCUT2D eigenvalue weighted by molar-refractivity contribution is 1.43. The topological polar surface area (TPSA) is 41.8 Å². The van der Waals surface area contributed by atoms with E-state index in [9.17, 15) is 0 Å². The molecule has 1 aromatic carbocycles. The Morgan fingerprint density at radius 1 is 1.42 bits per heavy atom. The summed E-state index contributed by atoms with van der Waals surface area (Å²) in [5.74, 6) is 0.772. The third-order valence-electron chi connectivity index (χ3n) is 2.06. The first-order valence-electron chi connectivity index (χ1n) is 3.72. The zero-order valence-corrected chi connectivity index (χ0v) is 8.84. The molecule has 0 atom stereocenters. The number of hydrogen-bond donors (Lipinski definition) is 2. The molecule has 0 aliphatic heterocycles. The number of hydrogen-bond acceptors (Lipinski definition) is 1. The lowest BCUT2D eigenvalue weighted by atomic mass is 10.2. The van der Waals surface area contributed by atoms with E-state index in [4.69, 9.17) is 5.73 Å². The number of halogens is 1. The Bertz CT molecular complexity index is 431. The van der Waals surface area contributed by atoms with E-state index in [2.05, 4.69) is 33.6 Å². The summed E-state index contributed by atoms with van der Waals surface area (Å²) >= 11 is 2.32. The second-order valence-corrected chi connectivity index (χ2v) is 3.99. The summed E-state index contributed by atoms with van der Waals surface area (Å²) in [6, 6.07) is 6.16. The Morgan fingerprint density at radius 2 is 2.17 bits per heavy atom. The van der Waals surface area contributed by atoms with Crippen LogP contribution in [0.4, 0.5) is 5.82 Å². The Hall–Kier alpha value is -0.710. The standard InChI is InChI=1S/C9H9IN2/c1-5-8-6(10)3-2-4-7(8)12-9(5)11/h2-4,12H,11H2,1H3. The second-order valence-electron chi connectivity index (χ2n) is 2.83. The van der Waals surface area contributed by atoms with E-state index < -0.39 is 0 Å². The average Bonchev–Trinajstić information content (AvgIpc) is 2.29. The molecule has 2 aromatic rings. The number of nitrogens with one attached hydrogen (secondary N) is 1. The summed E-state index contributed by atoms with van der Waals surface area (Å²) in [6.45, 7) is 2.04. The number of fused-ring (bicyclic) bond motifs is 1. The predicted octanol–water partition coefficient (Wildman–Crippen LogP) is 2.66. The number of aryl methyl sites for hydroxylation is 1. The lowest BCUT2D eigenvalue weighted by Crippen LogP contribution is -1.85. The first kappa shape index (κ1) is 7.91. The monoisotopic (exact) mass is 272 g/mol. The smallest absolute Gasteiger partial charge is 0.104 e. The van der Waals surface area contributed by atoms with Crippen molar-refractivity contribution in [2.24, 2.45) is 0 Å². The molecule has 0 amide bonds. The Balaban J connectivity index is 2.97. The van der Waals surface area contributed by atoms with Crippen molar-refractivity contribution in [2.45, 2.75) is 6.92 Å². The van der Waals surface area contributed by atoms with Gasteiger partial charge in [-0.2, -0.15) is 0 Å². The lowest BCUT2D eigenvalue weighted by Gasteiger charge is -1.93. The number of nitrogens with two attached hydrogens (primary N) is 1. The van der Waals surface area contributed by atoms with Crippen molar-refractivity contribution in [1.29, 1.82) is 0 Å². The van der Waals surface area contributed by atoms with Crippen molar-refractivity contribution in [3.8, 4) is 0 Å². The van der Waals surface area contributed by atoms with E-state index in [1.165, 1.54) is 8.96 Å². The van der Waals surface area contributed by atoms with Gasteiger partial charge < -0.3 is 10.7 Å². The van der Waals surface area contributed by atoms with E-state index in [-0.39, 0.29) is 0 Å². The predicted molar refractivity (Wildman–Crippen MR) is 60.2 cm³/mol. The van der Waals surface area contributed by atoms with Crippen LogP contribution in [-0.4, -0.2) is 4.98 Å². The fourth-order valence-corrected chi connectivity index (χ4v) is 2.29. The number of rotatable bonds is 0. The highest BCUT2D eigenvalue weighted by Crippen LogP contribution is 2.27. The normalized spacial score (nSPS) is 10.8. The molecule has 0 fully saturated rings. The summed E-state index contributed by atoms with van der Waals surface area (Å²) < 4.78 is 1.25. The highest BCUT2D eigenvalue weighted by molar-refractivity contribution is 14.1. The molecule has 12 heavy (non-hydrogen) atoms. The third kappa shape index (κ3) is 0.998. The van der Waals surface area contributed by atoms with Crippen molar-refractivity contribution in [3.63, 3.8) is 0 Å². The van der Waals surface area contributed by atoms with E-state index >= 15 is 0 Å². The van der Waals surface area contributed by atoms with Gasteiger partial charge in [-0.05, 0) is 47.2 Å². The quantitative estimate of drug-likeness (QED) is 0.711. The Labute approximate surface area is 84.3 Å². The first-order chi connectivity index (χ1) is 5.70. The van der Waals surface area contributed by atoms with Crippen LogP contribution in [0.25, 0.3) is 10.9 Å². The molecule has 0 aliphatic carbocycles. The highest BCUT2D eigenvalue weighted by Gasteiger charge is 2.06. The van der Waals surface area contributed by atoms with Gasteiger partial charge in [0.05, 0.1) is 0 Å². The van der Waals surface area contributed by atoms with Crippen LogP contribution in [0.3, 0.4) is 0 Å². The van der Waals surface area contributed by atoms with Crippen LogP contribution < -0.4 is 5.73 Å². The molecule has 2 nitrogen and oxygen atoms in total. The van der Waals surface area contributed by atoms with E-state index in [1.807, 2.05) is 19.1 Å². The average molecular weight is 272 g/mol. The van der Waals surface area contributed by atoms with Gasteiger partial charge >= 0.3 is 0 Å². The van der Waals surface area contributed by atoms with E-state index in [1.54, 1.807) is 0 Å². The van der Waals surface area contributed by atoms with Gasteiger partial charge in [0, 0.05) is 14.5 Å². The molecular formula is C9H9IN2. The minimum Gasteiger partial charge on any atom is -0.385 e. The fourth-order valence-electron chi connectivity index (χ4n) is 1.38. The molecule has 0 saturated heterocycles. The molecule has 3 heteroatoms. The van der Waals surface area contributed by atoms with Crippen LogP contribution in [-0.2, 0) is 0 Å². The summed E-state index contributed by atoms with van der Waals surface area (Å²) in [5.41, 5.74) is 8.03. The third-order valence-corrected chi connectivity index (χ3v) is 2.96. The number of aromatic nitrogens is 1. The molecule has 0 radical (unpaired) electrons. The highest BCUT2D eigenvalue weighted by atomic mass is 127. The minimum absolute atomic E-state index is 0.772. The molecule has 0 bridgehead atoms. The van der Waals surface area contributed by atoms with Crippen LogP contribution in [0.1, 0.15) is 5.56 Å². The number of benzene rings is 1. The summed E-state index contributed by atoms with van der Waals surface area (Å²) in [4.78, 5) is 3.14. The SMILES string of the molecule is Cc1c(N)[nH]c2cccc(I)c12. The Kier molecular flexibility index (Phi) is 1.75. The molecule has 1 heterocycles. The molecule has 3 N–H and O–H groups in total. The molecule has 0 aliphatic rings. The molecule has 1 aromatic heterocycles. The molecule has 62 valence electrons. The van der Waals surface area contributed by atoms with Gasteiger partial charge in [0.15, 0.2) is 0 Å². The van der Waals surface area contributed by atoms with Gasteiger partial charge in [-0.25, -0.2) is 0 Å². The summed E-state index contributed by atoms with van der Waals surface area (Å²) in [7, 11) is 0. The molecule has 2 rings (SSSR count). The van der Waals surface area contributed by atoms with Crippen molar-refractivity contribution < 1.29 is 0 Å².